The lowest BCUT2D eigenvalue weighted by Crippen LogP contribution is -2.36. The van der Waals surface area contributed by atoms with Gasteiger partial charge in [-0.2, -0.15) is 0 Å². The van der Waals surface area contributed by atoms with Crippen LogP contribution in [0.5, 0.6) is 0 Å². The highest BCUT2D eigenvalue weighted by Gasteiger charge is 2.32. The van der Waals surface area contributed by atoms with Gasteiger partial charge in [0, 0.05) is 29.6 Å². The second kappa shape index (κ2) is 9.43. The van der Waals surface area contributed by atoms with Crippen molar-refractivity contribution in [2.45, 2.75) is 50.6 Å². The van der Waals surface area contributed by atoms with Crippen molar-refractivity contribution in [1.29, 1.82) is 0 Å². The van der Waals surface area contributed by atoms with E-state index in [1.807, 2.05) is 42.1 Å². The van der Waals surface area contributed by atoms with Crippen molar-refractivity contribution in [3.63, 3.8) is 0 Å². The molecular formula is C25H28ClFN6O. The van der Waals surface area contributed by atoms with E-state index in [0.717, 1.165) is 48.6 Å². The molecule has 178 valence electrons. The number of benzene rings is 1. The number of pyridine rings is 1. The summed E-state index contributed by atoms with van der Waals surface area (Å²) >= 11 is 6.33. The summed E-state index contributed by atoms with van der Waals surface area (Å²) in [5, 5.41) is 9.75. The van der Waals surface area contributed by atoms with Crippen molar-refractivity contribution in [3.8, 4) is 5.69 Å². The van der Waals surface area contributed by atoms with Gasteiger partial charge in [0.15, 0.2) is 5.82 Å². The van der Waals surface area contributed by atoms with Crippen molar-refractivity contribution in [3.05, 3.63) is 70.3 Å². The fraction of sp³-hybridized carbons (Fsp3) is 0.440. The van der Waals surface area contributed by atoms with Gasteiger partial charge in [0.1, 0.15) is 11.6 Å². The number of rotatable bonds is 4. The van der Waals surface area contributed by atoms with Gasteiger partial charge in [-0.25, -0.2) is 4.39 Å². The number of amides is 1. The third kappa shape index (κ3) is 4.44. The number of hydrogen-bond donors (Lipinski definition) is 0. The summed E-state index contributed by atoms with van der Waals surface area (Å²) in [6, 6.07) is 8.89. The maximum atomic E-state index is 14.3. The molecule has 5 rings (SSSR count). The van der Waals surface area contributed by atoms with Gasteiger partial charge in [0.05, 0.1) is 24.5 Å². The Labute approximate surface area is 203 Å². The van der Waals surface area contributed by atoms with Crippen LogP contribution in [0.25, 0.3) is 5.69 Å². The van der Waals surface area contributed by atoms with E-state index in [2.05, 4.69) is 19.7 Å². The average molecular weight is 483 g/mol. The van der Waals surface area contributed by atoms with Crippen LogP contribution in [-0.2, 0) is 17.9 Å². The predicted octanol–water partition coefficient (Wildman–Crippen LogP) is 4.30. The van der Waals surface area contributed by atoms with E-state index in [1.54, 1.807) is 12.3 Å². The normalized spacial score (nSPS) is 20.1. The van der Waals surface area contributed by atoms with Crippen LogP contribution in [0.4, 0.5) is 4.39 Å². The molecule has 3 aromatic rings. The first-order valence-corrected chi connectivity index (χ1v) is 12.0. The summed E-state index contributed by atoms with van der Waals surface area (Å²) in [7, 11) is 3.77. The average Bonchev–Trinajstić information content (AvgIpc) is 3.15. The largest absolute Gasteiger partial charge is 0.330 e. The number of halogens is 2. The maximum Gasteiger partial charge on any atom is 0.237 e. The highest BCUT2D eigenvalue weighted by Crippen LogP contribution is 2.41. The lowest BCUT2D eigenvalue weighted by atomic mass is 9.79. The molecule has 9 heteroatoms. The fourth-order valence-electron chi connectivity index (χ4n) is 5.16. The smallest absolute Gasteiger partial charge is 0.237 e. The second-order valence-electron chi connectivity index (χ2n) is 9.49. The molecule has 2 aromatic heterocycles. The summed E-state index contributed by atoms with van der Waals surface area (Å²) < 4.78 is 16.4. The number of carbonyl (C=O) groups excluding carboxylic acids is 1. The summed E-state index contributed by atoms with van der Waals surface area (Å²) in [6.45, 7) is 1.18. The zero-order valence-corrected chi connectivity index (χ0v) is 20.2. The molecule has 0 bridgehead atoms. The Balaban J connectivity index is 1.45. The van der Waals surface area contributed by atoms with E-state index in [0.29, 0.717) is 30.4 Å². The van der Waals surface area contributed by atoms with E-state index >= 15 is 0 Å². The van der Waals surface area contributed by atoms with E-state index in [1.165, 1.54) is 6.07 Å². The molecule has 1 amide bonds. The zero-order chi connectivity index (χ0) is 23.8. The molecule has 1 aliphatic carbocycles. The minimum atomic E-state index is -0.226. The lowest BCUT2D eigenvalue weighted by Gasteiger charge is -2.28. The third-order valence-electron chi connectivity index (χ3n) is 6.80. The molecule has 1 saturated carbocycles. The van der Waals surface area contributed by atoms with Gasteiger partial charge in [-0.3, -0.25) is 14.3 Å². The topological polar surface area (TPSA) is 67.2 Å². The maximum absolute atomic E-state index is 14.3. The summed E-state index contributed by atoms with van der Waals surface area (Å²) in [4.78, 5) is 20.9. The van der Waals surface area contributed by atoms with Crippen LogP contribution in [0.2, 0.25) is 5.02 Å². The van der Waals surface area contributed by atoms with Crippen LogP contribution in [0.3, 0.4) is 0 Å². The van der Waals surface area contributed by atoms with Crippen LogP contribution in [-0.4, -0.2) is 56.1 Å². The van der Waals surface area contributed by atoms with Gasteiger partial charge < -0.3 is 9.80 Å². The molecule has 34 heavy (non-hydrogen) atoms. The van der Waals surface area contributed by atoms with Crippen LogP contribution < -0.4 is 0 Å². The number of fused-ring (bicyclic) bond motifs is 3. The standard InChI is InChI=1S/C25H28ClFN6O/c1-31(2)15-23(34)32-13-18-12-19(26)9-10-21(18)33-22(14-32)29-30-25(33)17-7-5-16(6-8-17)24-20(27)4-3-11-28-24/h3-4,9-12,16-17H,5-8,13-15H2,1-2H3. The Kier molecular flexibility index (Phi) is 6.36. The molecule has 0 unspecified atom stereocenters. The molecule has 0 atom stereocenters. The van der Waals surface area contributed by atoms with Crippen molar-refractivity contribution in [1.82, 2.24) is 29.5 Å². The Morgan fingerprint density at radius 3 is 2.62 bits per heavy atom. The summed E-state index contributed by atoms with van der Waals surface area (Å²) in [6.07, 6.45) is 5.12. The Morgan fingerprint density at radius 2 is 1.88 bits per heavy atom. The number of hydrogen-bond acceptors (Lipinski definition) is 5. The fourth-order valence-corrected chi connectivity index (χ4v) is 5.36. The SMILES string of the molecule is CN(C)CC(=O)N1Cc2cc(Cl)ccc2-n2c(nnc2C2CCC(c3ncccc3F)CC2)C1. The van der Waals surface area contributed by atoms with Gasteiger partial charge in [0.25, 0.3) is 0 Å². The van der Waals surface area contributed by atoms with Crippen LogP contribution in [0.15, 0.2) is 36.5 Å². The molecule has 1 aliphatic heterocycles. The molecule has 0 spiro atoms. The van der Waals surface area contributed by atoms with Gasteiger partial charge in [0.2, 0.25) is 5.91 Å². The van der Waals surface area contributed by atoms with Crippen LogP contribution >= 0.6 is 11.6 Å². The van der Waals surface area contributed by atoms with E-state index in [9.17, 15) is 9.18 Å². The number of likely N-dealkylation sites (N-methyl/N-ethyl adjacent to an activating group) is 1. The first-order chi connectivity index (χ1) is 16.4. The minimum Gasteiger partial charge on any atom is -0.330 e. The molecule has 1 aromatic carbocycles. The highest BCUT2D eigenvalue weighted by molar-refractivity contribution is 6.30. The third-order valence-corrected chi connectivity index (χ3v) is 7.04. The molecule has 7 nitrogen and oxygen atoms in total. The lowest BCUT2D eigenvalue weighted by molar-refractivity contribution is -0.133. The Morgan fingerprint density at radius 1 is 1.12 bits per heavy atom. The monoisotopic (exact) mass is 482 g/mol. The molecule has 0 radical (unpaired) electrons. The van der Waals surface area contributed by atoms with E-state index in [-0.39, 0.29) is 23.6 Å². The number of aromatic nitrogens is 4. The molecule has 1 fully saturated rings. The van der Waals surface area contributed by atoms with Crippen LogP contribution in [0, 0.1) is 5.82 Å². The van der Waals surface area contributed by atoms with E-state index in [4.69, 9.17) is 11.6 Å². The Bertz CT molecular complexity index is 1200. The zero-order valence-electron chi connectivity index (χ0n) is 19.4. The molecular weight excluding hydrogens is 455 g/mol. The van der Waals surface area contributed by atoms with Crippen molar-refractivity contribution < 1.29 is 9.18 Å². The second-order valence-corrected chi connectivity index (χ2v) is 9.93. The summed E-state index contributed by atoms with van der Waals surface area (Å²) in [5.74, 6) is 1.79. The van der Waals surface area contributed by atoms with E-state index < -0.39 is 0 Å². The van der Waals surface area contributed by atoms with Crippen LogP contribution in [0.1, 0.15) is 60.4 Å². The predicted molar refractivity (Wildman–Crippen MR) is 127 cm³/mol. The minimum absolute atomic E-state index is 0.0341. The Hall–Kier alpha value is -2.84. The van der Waals surface area contributed by atoms with Crippen molar-refractivity contribution in [2.75, 3.05) is 20.6 Å². The quantitative estimate of drug-likeness (QED) is 0.554. The van der Waals surface area contributed by atoms with Crippen molar-refractivity contribution in [2.24, 2.45) is 0 Å². The molecule has 0 saturated heterocycles. The van der Waals surface area contributed by atoms with Gasteiger partial charge in [-0.15, -0.1) is 10.2 Å². The van der Waals surface area contributed by atoms with Gasteiger partial charge in [-0.1, -0.05) is 11.6 Å². The number of carbonyl (C=O) groups is 1. The highest BCUT2D eigenvalue weighted by atomic mass is 35.5. The van der Waals surface area contributed by atoms with Crippen molar-refractivity contribution >= 4 is 17.5 Å². The molecule has 0 N–H and O–H groups in total. The van der Waals surface area contributed by atoms with Gasteiger partial charge in [-0.05, 0) is 75.7 Å². The van der Waals surface area contributed by atoms with Gasteiger partial charge >= 0.3 is 0 Å². The molecule has 2 aliphatic rings. The number of nitrogens with zero attached hydrogens (tertiary/aromatic N) is 6. The summed E-state index contributed by atoms with van der Waals surface area (Å²) in [5.41, 5.74) is 2.51. The first kappa shape index (κ1) is 22.9. The molecule has 3 heterocycles. The first-order valence-electron chi connectivity index (χ1n) is 11.7.